The summed E-state index contributed by atoms with van der Waals surface area (Å²) in [5.41, 5.74) is 1.25. The third-order valence-electron chi connectivity index (χ3n) is 4.55. The van der Waals surface area contributed by atoms with Gasteiger partial charge in [0.15, 0.2) is 0 Å². The molecular formula is C15H22ClN3. The van der Waals surface area contributed by atoms with Crippen LogP contribution in [0.25, 0.3) is 0 Å². The first-order valence-corrected chi connectivity index (χ1v) is 7.53. The molecule has 3 nitrogen and oxygen atoms in total. The minimum Gasteiger partial charge on any atom is -0.315 e. The van der Waals surface area contributed by atoms with Crippen molar-refractivity contribution >= 4 is 11.6 Å². The Kier molecular flexibility index (Phi) is 4.08. The zero-order chi connectivity index (χ0) is 13.2. The van der Waals surface area contributed by atoms with Crippen LogP contribution in [0.4, 0.5) is 0 Å². The van der Waals surface area contributed by atoms with E-state index in [1.165, 1.54) is 38.3 Å². The monoisotopic (exact) mass is 279 g/mol. The Balaban J connectivity index is 1.73. The van der Waals surface area contributed by atoms with Gasteiger partial charge in [0, 0.05) is 49.8 Å². The van der Waals surface area contributed by atoms with Gasteiger partial charge in [-0.2, -0.15) is 0 Å². The maximum atomic E-state index is 6.29. The smallest absolute Gasteiger partial charge is 0.0438 e. The number of nitrogens with zero attached hydrogens (tertiary/aromatic N) is 2. The number of benzene rings is 1. The number of halogens is 1. The molecule has 0 radical (unpaired) electrons. The Hall–Kier alpha value is -0.610. The fraction of sp³-hybridized carbons (Fsp3) is 0.600. The van der Waals surface area contributed by atoms with Gasteiger partial charge in [0.2, 0.25) is 0 Å². The maximum Gasteiger partial charge on any atom is 0.0438 e. The fourth-order valence-corrected chi connectivity index (χ4v) is 3.58. The molecule has 3 saturated heterocycles. The van der Waals surface area contributed by atoms with Gasteiger partial charge < -0.3 is 5.32 Å². The molecule has 1 aromatic carbocycles. The molecule has 1 aromatic rings. The molecule has 1 N–H and O–H groups in total. The van der Waals surface area contributed by atoms with Crippen molar-refractivity contribution < 1.29 is 0 Å². The largest absolute Gasteiger partial charge is 0.315 e. The van der Waals surface area contributed by atoms with E-state index < -0.39 is 0 Å². The minimum absolute atomic E-state index is 0.475. The number of piperazine rings is 3. The van der Waals surface area contributed by atoms with E-state index in [9.17, 15) is 0 Å². The van der Waals surface area contributed by atoms with Gasteiger partial charge >= 0.3 is 0 Å². The van der Waals surface area contributed by atoms with Crippen molar-refractivity contribution in [2.24, 2.45) is 0 Å². The molecule has 2 atom stereocenters. The van der Waals surface area contributed by atoms with Crippen LogP contribution in [-0.4, -0.2) is 61.7 Å². The first-order chi connectivity index (χ1) is 9.28. The van der Waals surface area contributed by atoms with E-state index in [0.29, 0.717) is 12.1 Å². The van der Waals surface area contributed by atoms with E-state index in [-0.39, 0.29) is 0 Å². The summed E-state index contributed by atoms with van der Waals surface area (Å²) < 4.78 is 0. The summed E-state index contributed by atoms with van der Waals surface area (Å²) in [5.74, 6) is 0. The zero-order valence-electron chi connectivity index (χ0n) is 11.5. The minimum atomic E-state index is 0.475. The summed E-state index contributed by atoms with van der Waals surface area (Å²) >= 11 is 6.29. The van der Waals surface area contributed by atoms with Crippen LogP contribution in [0, 0.1) is 0 Å². The van der Waals surface area contributed by atoms with Gasteiger partial charge in [0.1, 0.15) is 0 Å². The third-order valence-corrected chi connectivity index (χ3v) is 4.92. The van der Waals surface area contributed by atoms with E-state index in [0.717, 1.165) is 11.4 Å². The lowest BCUT2D eigenvalue weighted by Crippen LogP contribution is -2.66. The van der Waals surface area contributed by atoms with Crippen LogP contribution >= 0.6 is 11.6 Å². The van der Waals surface area contributed by atoms with Crippen molar-refractivity contribution in [3.8, 4) is 0 Å². The molecule has 19 heavy (non-hydrogen) atoms. The molecule has 0 spiro atoms. The molecule has 4 rings (SSSR count). The van der Waals surface area contributed by atoms with E-state index in [1.807, 2.05) is 12.1 Å². The van der Waals surface area contributed by atoms with Crippen LogP contribution in [0.3, 0.4) is 0 Å². The van der Waals surface area contributed by atoms with Crippen LogP contribution in [0.5, 0.6) is 0 Å². The summed E-state index contributed by atoms with van der Waals surface area (Å²) in [6.07, 6.45) is 1.01. The lowest BCUT2D eigenvalue weighted by molar-refractivity contribution is -0.00201. The summed E-state index contributed by atoms with van der Waals surface area (Å²) in [6.45, 7) is 6.09. The molecule has 3 heterocycles. The number of hydrogen-bond donors (Lipinski definition) is 1. The molecule has 0 aromatic heterocycles. The van der Waals surface area contributed by atoms with Crippen LogP contribution in [0.2, 0.25) is 5.02 Å². The predicted octanol–water partition coefficient (Wildman–Crippen LogP) is 1.47. The number of fused-ring (bicyclic) bond motifs is 3. The van der Waals surface area contributed by atoms with E-state index in [1.54, 1.807) is 0 Å². The highest BCUT2D eigenvalue weighted by molar-refractivity contribution is 6.31. The van der Waals surface area contributed by atoms with Crippen LogP contribution in [0.15, 0.2) is 24.3 Å². The molecule has 2 bridgehead atoms. The Labute approximate surface area is 120 Å². The molecule has 4 heteroatoms. The Bertz CT molecular complexity index is 429. The average molecular weight is 280 g/mol. The lowest BCUT2D eigenvalue weighted by atomic mass is 9.94. The Morgan fingerprint density at radius 2 is 2.00 bits per heavy atom. The molecule has 0 amide bonds. The maximum absolute atomic E-state index is 6.29. The van der Waals surface area contributed by atoms with E-state index in [2.05, 4.69) is 34.3 Å². The van der Waals surface area contributed by atoms with Crippen molar-refractivity contribution in [2.45, 2.75) is 18.5 Å². The van der Waals surface area contributed by atoms with Crippen molar-refractivity contribution in [2.75, 3.05) is 39.8 Å². The normalized spacial score (nSPS) is 31.4. The number of likely N-dealkylation sites (N-methyl/N-ethyl adjacent to an activating group) is 1. The molecular weight excluding hydrogens is 258 g/mol. The lowest BCUT2D eigenvalue weighted by Gasteiger charge is -2.50. The predicted molar refractivity (Wildman–Crippen MR) is 79.8 cm³/mol. The fourth-order valence-electron chi connectivity index (χ4n) is 3.37. The molecule has 0 saturated carbocycles. The van der Waals surface area contributed by atoms with Gasteiger partial charge in [0.05, 0.1) is 0 Å². The molecule has 104 valence electrons. The van der Waals surface area contributed by atoms with Crippen molar-refractivity contribution in [1.29, 1.82) is 0 Å². The highest BCUT2D eigenvalue weighted by atomic mass is 35.5. The Morgan fingerprint density at radius 1 is 1.26 bits per heavy atom. The summed E-state index contributed by atoms with van der Waals surface area (Å²) in [5, 5.41) is 4.39. The number of rotatable bonds is 4. The molecule has 3 aliphatic rings. The summed E-state index contributed by atoms with van der Waals surface area (Å²) in [6, 6.07) is 9.29. The zero-order valence-corrected chi connectivity index (χ0v) is 12.2. The molecule has 3 aliphatic heterocycles. The van der Waals surface area contributed by atoms with Crippen molar-refractivity contribution in [3.63, 3.8) is 0 Å². The number of hydrogen-bond acceptors (Lipinski definition) is 3. The third kappa shape index (κ3) is 2.79. The Morgan fingerprint density at radius 3 is 2.58 bits per heavy atom. The quantitative estimate of drug-likeness (QED) is 0.901. The van der Waals surface area contributed by atoms with Crippen molar-refractivity contribution in [1.82, 2.24) is 15.1 Å². The molecule has 0 aliphatic carbocycles. The highest BCUT2D eigenvalue weighted by Gasteiger charge is 2.36. The van der Waals surface area contributed by atoms with Crippen LogP contribution < -0.4 is 5.32 Å². The van der Waals surface area contributed by atoms with Gasteiger partial charge in [-0.05, 0) is 25.1 Å². The first kappa shape index (κ1) is 13.4. The first-order valence-electron chi connectivity index (χ1n) is 7.15. The SMILES string of the molecule is CNC(Cc1ccccc1Cl)C1CN2CCN1CC2. The topological polar surface area (TPSA) is 18.5 Å². The van der Waals surface area contributed by atoms with E-state index in [4.69, 9.17) is 11.6 Å². The second kappa shape index (κ2) is 5.80. The molecule has 3 fully saturated rings. The second-order valence-electron chi connectivity index (χ2n) is 5.59. The standard InChI is InChI=1S/C15H22ClN3/c1-17-14(10-12-4-2-3-5-13(12)16)15-11-18-6-8-19(15)9-7-18/h2-5,14-15,17H,6-11H2,1H3. The second-order valence-corrected chi connectivity index (χ2v) is 6.00. The van der Waals surface area contributed by atoms with E-state index >= 15 is 0 Å². The average Bonchev–Trinajstić information content (AvgIpc) is 2.47. The van der Waals surface area contributed by atoms with Gasteiger partial charge in [-0.15, -0.1) is 0 Å². The van der Waals surface area contributed by atoms with Gasteiger partial charge in [0.25, 0.3) is 0 Å². The molecule has 2 unspecified atom stereocenters. The summed E-state index contributed by atoms with van der Waals surface area (Å²) in [4.78, 5) is 5.22. The highest BCUT2D eigenvalue weighted by Crippen LogP contribution is 2.23. The van der Waals surface area contributed by atoms with Crippen molar-refractivity contribution in [3.05, 3.63) is 34.9 Å². The van der Waals surface area contributed by atoms with Crippen LogP contribution in [0.1, 0.15) is 5.56 Å². The summed E-state index contributed by atoms with van der Waals surface area (Å²) in [7, 11) is 2.07. The number of nitrogens with one attached hydrogen (secondary N) is 1. The van der Waals surface area contributed by atoms with Gasteiger partial charge in [-0.1, -0.05) is 29.8 Å². The van der Waals surface area contributed by atoms with Gasteiger partial charge in [-0.25, -0.2) is 0 Å². The van der Waals surface area contributed by atoms with Crippen LogP contribution in [-0.2, 0) is 6.42 Å². The van der Waals surface area contributed by atoms with Gasteiger partial charge in [-0.3, -0.25) is 9.80 Å².